The molecule has 6 nitrogen and oxygen atoms in total. The zero-order valence-corrected chi connectivity index (χ0v) is 13.9. The summed E-state index contributed by atoms with van der Waals surface area (Å²) in [7, 11) is 0. The van der Waals surface area contributed by atoms with Gasteiger partial charge in [0.2, 0.25) is 5.91 Å². The largest absolute Gasteiger partial charge is 0.353 e. The Morgan fingerprint density at radius 3 is 2.83 bits per heavy atom. The average molecular weight is 355 g/mol. The van der Waals surface area contributed by atoms with E-state index < -0.39 is 11.9 Å². The van der Waals surface area contributed by atoms with E-state index in [1.165, 1.54) is 0 Å². The Bertz CT molecular complexity index is 689. The van der Waals surface area contributed by atoms with Crippen LogP contribution in [0.3, 0.4) is 0 Å². The standard InChI is InChI=1S/C15H16Cl2N4O2/c1-10(14(22)19-6-8-21-7-5-18-9-21)20-15(23)11-3-2-4-12(16)13(11)17/h2-5,7,9-10H,6,8H2,1H3,(H,19,22)(H,20,23). The highest BCUT2D eigenvalue weighted by atomic mass is 35.5. The van der Waals surface area contributed by atoms with Crippen molar-refractivity contribution >= 4 is 35.0 Å². The van der Waals surface area contributed by atoms with E-state index in [1.54, 1.807) is 43.8 Å². The number of rotatable bonds is 6. The Kier molecular flexibility index (Phi) is 6.01. The molecule has 0 bridgehead atoms. The Morgan fingerprint density at radius 2 is 2.13 bits per heavy atom. The molecule has 0 aliphatic rings. The van der Waals surface area contributed by atoms with Crippen LogP contribution in [0.2, 0.25) is 10.0 Å². The van der Waals surface area contributed by atoms with Crippen LogP contribution in [-0.4, -0.2) is 34.0 Å². The number of benzene rings is 1. The van der Waals surface area contributed by atoms with E-state index in [4.69, 9.17) is 23.2 Å². The SMILES string of the molecule is CC(NC(=O)c1cccc(Cl)c1Cl)C(=O)NCCn1ccnc1. The van der Waals surface area contributed by atoms with E-state index in [-0.39, 0.29) is 21.5 Å². The van der Waals surface area contributed by atoms with E-state index in [1.807, 2.05) is 4.57 Å². The van der Waals surface area contributed by atoms with Crippen LogP contribution in [0.25, 0.3) is 0 Å². The van der Waals surface area contributed by atoms with Crippen LogP contribution >= 0.6 is 23.2 Å². The first-order chi connectivity index (χ1) is 11.0. The monoisotopic (exact) mass is 354 g/mol. The van der Waals surface area contributed by atoms with Gasteiger partial charge in [-0.2, -0.15) is 0 Å². The maximum absolute atomic E-state index is 12.1. The molecule has 0 spiro atoms. The summed E-state index contributed by atoms with van der Waals surface area (Å²) >= 11 is 11.9. The minimum Gasteiger partial charge on any atom is -0.353 e. The summed E-state index contributed by atoms with van der Waals surface area (Å²) in [5.74, 6) is -0.730. The summed E-state index contributed by atoms with van der Waals surface area (Å²) in [6.45, 7) is 2.64. The molecular formula is C15H16Cl2N4O2. The van der Waals surface area contributed by atoms with Crippen molar-refractivity contribution < 1.29 is 9.59 Å². The Balaban J connectivity index is 1.85. The molecule has 2 N–H and O–H groups in total. The third-order valence-corrected chi connectivity index (χ3v) is 3.98. The minimum atomic E-state index is -0.694. The highest BCUT2D eigenvalue weighted by molar-refractivity contribution is 6.43. The van der Waals surface area contributed by atoms with Crippen LogP contribution in [0.1, 0.15) is 17.3 Å². The molecular weight excluding hydrogens is 339 g/mol. The third-order valence-electron chi connectivity index (χ3n) is 3.17. The Morgan fingerprint density at radius 1 is 1.35 bits per heavy atom. The molecule has 0 aliphatic carbocycles. The molecule has 0 fully saturated rings. The summed E-state index contributed by atoms with van der Waals surface area (Å²) in [6.07, 6.45) is 5.14. The highest BCUT2D eigenvalue weighted by Crippen LogP contribution is 2.25. The summed E-state index contributed by atoms with van der Waals surface area (Å²) < 4.78 is 1.84. The van der Waals surface area contributed by atoms with Gasteiger partial charge in [-0.05, 0) is 19.1 Å². The first-order valence-corrected chi connectivity index (χ1v) is 7.73. The van der Waals surface area contributed by atoms with Crippen LogP contribution in [0.4, 0.5) is 0 Å². The van der Waals surface area contributed by atoms with Crippen LogP contribution in [0.15, 0.2) is 36.9 Å². The molecule has 0 aliphatic heterocycles. The molecule has 1 heterocycles. The molecule has 0 radical (unpaired) electrons. The number of carbonyl (C=O) groups is 2. The fourth-order valence-electron chi connectivity index (χ4n) is 1.90. The fourth-order valence-corrected chi connectivity index (χ4v) is 2.29. The van der Waals surface area contributed by atoms with Crippen molar-refractivity contribution in [2.24, 2.45) is 0 Å². The van der Waals surface area contributed by atoms with Crippen LogP contribution in [-0.2, 0) is 11.3 Å². The topological polar surface area (TPSA) is 76.0 Å². The van der Waals surface area contributed by atoms with E-state index in [9.17, 15) is 9.59 Å². The zero-order chi connectivity index (χ0) is 16.8. The molecule has 2 amide bonds. The number of hydrogen-bond donors (Lipinski definition) is 2. The Labute approximate surface area is 143 Å². The predicted molar refractivity (Wildman–Crippen MR) is 88.6 cm³/mol. The second kappa shape index (κ2) is 7.99. The van der Waals surface area contributed by atoms with Crippen molar-refractivity contribution in [3.05, 3.63) is 52.5 Å². The maximum Gasteiger partial charge on any atom is 0.253 e. The quantitative estimate of drug-likeness (QED) is 0.834. The van der Waals surface area contributed by atoms with Crippen LogP contribution < -0.4 is 10.6 Å². The van der Waals surface area contributed by atoms with Gasteiger partial charge in [-0.25, -0.2) is 4.98 Å². The van der Waals surface area contributed by atoms with Gasteiger partial charge in [-0.15, -0.1) is 0 Å². The number of halogens is 2. The first-order valence-electron chi connectivity index (χ1n) is 6.97. The van der Waals surface area contributed by atoms with Gasteiger partial charge in [-0.1, -0.05) is 29.3 Å². The van der Waals surface area contributed by atoms with Crippen molar-refractivity contribution in [1.29, 1.82) is 0 Å². The van der Waals surface area contributed by atoms with E-state index in [2.05, 4.69) is 15.6 Å². The van der Waals surface area contributed by atoms with Crippen molar-refractivity contribution in [3.8, 4) is 0 Å². The molecule has 1 unspecified atom stereocenters. The number of imidazole rings is 1. The molecule has 0 saturated carbocycles. The molecule has 1 atom stereocenters. The molecule has 1 aromatic heterocycles. The Hall–Kier alpha value is -2.05. The average Bonchev–Trinajstić information content (AvgIpc) is 3.03. The van der Waals surface area contributed by atoms with Gasteiger partial charge >= 0.3 is 0 Å². The number of carbonyl (C=O) groups excluding carboxylic acids is 2. The number of hydrogen-bond acceptors (Lipinski definition) is 3. The maximum atomic E-state index is 12.1. The molecule has 0 saturated heterocycles. The minimum absolute atomic E-state index is 0.166. The van der Waals surface area contributed by atoms with Crippen LogP contribution in [0, 0.1) is 0 Å². The van der Waals surface area contributed by atoms with Gasteiger partial charge in [0.25, 0.3) is 5.91 Å². The number of nitrogens with one attached hydrogen (secondary N) is 2. The predicted octanol–water partition coefficient (Wildman–Crippen LogP) is 2.12. The van der Waals surface area contributed by atoms with Gasteiger partial charge in [0.15, 0.2) is 0 Å². The van der Waals surface area contributed by atoms with Gasteiger partial charge in [0.1, 0.15) is 6.04 Å². The van der Waals surface area contributed by atoms with E-state index in [0.29, 0.717) is 13.1 Å². The van der Waals surface area contributed by atoms with Gasteiger partial charge in [0, 0.05) is 25.5 Å². The lowest BCUT2D eigenvalue weighted by atomic mass is 10.2. The van der Waals surface area contributed by atoms with Crippen molar-refractivity contribution in [1.82, 2.24) is 20.2 Å². The van der Waals surface area contributed by atoms with Gasteiger partial charge in [-0.3, -0.25) is 9.59 Å². The lowest BCUT2D eigenvalue weighted by molar-refractivity contribution is -0.122. The highest BCUT2D eigenvalue weighted by Gasteiger charge is 2.18. The van der Waals surface area contributed by atoms with Crippen molar-refractivity contribution in [2.75, 3.05) is 6.54 Å². The van der Waals surface area contributed by atoms with E-state index in [0.717, 1.165) is 0 Å². The van der Waals surface area contributed by atoms with Crippen molar-refractivity contribution in [3.63, 3.8) is 0 Å². The third kappa shape index (κ3) is 4.71. The molecule has 122 valence electrons. The zero-order valence-electron chi connectivity index (χ0n) is 12.4. The molecule has 8 heteroatoms. The normalized spacial score (nSPS) is 11.8. The lowest BCUT2D eigenvalue weighted by Crippen LogP contribution is -2.45. The summed E-state index contributed by atoms with van der Waals surface area (Å²) in [5.41, 5.74) is 0.234. The van der Waals surface area contributed by atoms with E-state index >= 15 is 0 Å². The number of amides is 2. The molecule has 1 aromatic carbocycles. The van der Waals surface area contributed by atoms with Crippen LogP contribution in [0.5, 0.6) is 0 Å². The fraction of sp³-hybridized carbons (Fsp3) is 0.267. The first kappa shape index (κ1) is 17.3. The smallest absolute Gasteiger partial charge is 0.253 e. The van der Waals surface area contributed by atoms with Gasteiger partial charge in [0.05, 0.1) is 21.9 Å². The molecule has 2 rings (SSSR count). The number of aromatic nitrogens is 2. The second-order valence-electron chi connectivity index (χ2n) is 4.89. The second-order valence-corrected chi connectivity index (χ2v) is 5.67. The lowest BCUT2D eigenvalue weighted by Gasteiger charge is -2.15. The summed E-state index contributed by atoms with van der Waals surface area (Å²) in [6, 6.07) is 4.07. The van der Waals surface area contributed by atoms with Gasteiger partial charge < -0.3 is 15.2 Å². The van der Waals surface area contributed by atoms with Crippen molar-refractivity contribution in [2.45, 2.75) is 19.5 Å². The summed E-state index contributed by atoms with van der Waals surface area (Å²) in [5, 5.41) is 5.79. The summed E-state index contributed by atoms with van der Waals surface area (Å²) in [4.78, 5) is 28.0. The molecule has 23 heavy (non-hydrogen) atoms. The molecule has 2 aromatic rings. The number of nitrogens with zero attached hydrogens (tertiary/aromatic N) is 2.